The topological polar surface area (TPSA) is 55.1 Å². The molecule has 96 valence electrons. The van der Waals surface area contributed by atoms with E-state index >= 15 is 0 Å². The van der Waals surface area contributed by atoms with Crippen molar-refractivity contribution in [1.82, 2.24) is 0 Å². The van der Waals surface area contributed by atoms with Crippen LogP contribution in [0.15, 0.2) is 18.2 Å². The quantitative estimate of drug-likeness (QED) is 0.870. The van der Waals surface area contributed by atoms with Crippen LogP contribution in [-0.2, 0) is 4.79 Å². The summed E-state index contributed by atoms with van der Waals surface area (Å²) in [7, 11) is 0. The molecule has 3 N–H and O–H groups in total. The van der Waals surface area contributed by atoms with E-state index in [1.54, 1.807) is 0 Å². The van der Waals surface area contributed by atoms with Gasteiger partial charge in [-0.15, -0.1) is 12.4 Å². The van der Waals surface area contributed by atoms with Gasteiger partial charge in [0.15, 0.2) is 0 Å². The van der Waals surface area contributed by atoms with Gasteiger partial charge in [0, 0.05) is 18.2 Å². The van der Waals surface area contributed by atoms with E-state index in [4.69, 9.17) is 5.73 Å². The third-order valence-electron chi connectivity index (χ3n) is 2.33. The van der Waals surface area contributed by atoms with Gasteiger partial charge in [-0.3, -0.25) is 4.79 Å². The first-order valence-electron chi connectivity index (χ1n) is 5.61. The number of amides is 1. The largest absolute Gasteiger partial charge is 0.328 e. The summed E-state index contributed by atoms with van der Waals surface area (Å²) < 4.78 is 0. The van der Waals surface area contributed by atoms with Crippen molar-refractivity contribution in [3.63, 3.8) is 0 Å². The molecule has 0 radical (unpaired) electrons. The molecule has 0 spiro atoms. The van der Waals surface area contributed by atoms with E-state index in [-0.39, 0.29) is 24.4 Å². The molecule has 1 aromatic rings. The van der Waals surface area contributed by atoms with E-state index in [0.717, 1.165) is 23.2 Å². The highest BCUT2D eigenvalue weighted by Crippen LogP contribution is 2.14. The van der Waals surface area contributed by atoms with Gasteiger partial charge in [-0.2, -0.15) is 0 Å². The van der Waals surface area contributed by atoms with Crippen LogP contribution in [0.5, 0.6) is 0 Å². The van der Waals surface area contributed by atoms with Crippen molar-refractivity contribution >= 4 is 24.0 Å². The van der Waals surface area contributed by atoms with E-state index in [2.05, 4.69) is 11.4 Å². The number of hydrogen-bond donors (Lipinski definition) is 2. The monoisotopic (exact) mass is 256 g/mol. The lowest BCUT2D eigenvalue weighted by Gasteiger charge is -2.08. The number of anilines is 1. The van der Waals surface area contributed by atoms with Crippen molar-refractivity contribution in [2.75, 3.05) is 5.32 Å². The molecular weight excluding hydrogens is 236 g/mol. The van der Waals surface area contributed by atoms with Crippen molar-refractivity contribution < 1.29 is 4.79 Å². The molecule has 0 aliphatic carbocycles. The zero-order valence-electron chi connectivity index (χ0n) is 10.6. The number of benzene rings is 1. The first kappa shape index (κ1) is 15.9. The molecule has 0 aliphatic heterocycles. The van der Waals surface area contributed by atoms with Crippen LogP contribution in [-0.4, -0.2) is 11.9 Å². The minimum atomic E-state index is 0. The number of carbonyl (C=O) groups is 1. The van der Waals surface area contributed by atoms with Gasteiger partial charge in [0.05, 0.1) is 0 Å². The van der Waals surface area contributed by atoms with Gasteiger partial charge in [0.1, 0.15) is 0 Å². The van der Waals surface area contributed by atoms with Crippen LogP contribution in [0.4, 0.5) is 5.69 Å². The lowest BCUT2D eigenvalue weighted by molar-refractivity contribution is -0.116. The lowest BCUT2D eigenvalue weighted by atomic mass is 10.1. The number of halogens is 1. The average Bonchev–Trinajstić information content (AvgIpc) is 2.12. The summed E-state index contributed by atoms with van der Waals surface area (Å²) in [5, 5.41) is 2.88. The molecule has 0 saturated heterocycles. The van der Waals surface area contributed by atoms with Crippen molar-refractivity contribution in [2.24, 2.45) is 5.73 Å². The fourth-order valence-corrected chi connectivity index (χ4v) is 1.63. The maximum Gasteiger partial charge on any atom is 0.224 e. The predicted octanol–water partition coefficient (Wildman–Crippen LogP) is 2.79. The molecule has 0 aromatic heterocycles. The first-order chi connectivity index (χ1) is 7.47. The Labute approximate surface area is 109 Å². The molecule has 0 aliphatic rings. The van der Waals surface area contributed by atoms with Gasteiger partial charge < -0.3 is 11.1 Å². The van der Waals surface area contributed by atoms with Crippen LogP contribution >= 0.6 is 12.4 Å². The van der Waals surface area contributed by atoms with Gasteiger partial charge in [0.25, 0.3) is 0 Å². The highest BCUT2D eigenvalue weighted by Gasteiger charge is 2.04. The SMILES string of the molecule is Cc1cc(C)cc(NC(=O)CCC(C)N)c1.Cl. The molecule has 4 heteroatoms. The average molecular weight is 257 g/mol. The van der Waals surface area contributed by atoms with Crippen LogP contribution in [0.3, 0.4) is 0 Å². The molecule has 1 amide bonds. The molecule has 1 unspecified atom stereocenters. The molecule has 17 heavy (non-hydrogen) atoms. The third-order valence-corrected chi connectivity index (χ3v) is 2.33. The Morgan fingerprint density at radius 2 is 1.82 bits per heavy atom. The first-order valence-corrected chi connectivity index (χ1v) is 5.61. The van der Waals surface area contributed by atoms with Crippen LogP contribution < -0.4 is 11.1 Å². The van der Waals surface area contributed by atoms with E-state index in [9.17, 15) is 4.79 Å². The molecule has 0 saturated carbocycles. The second kappa shape index (κ2) is 7.30. The molecule has 3 nitrogen and oxygen atoms in total. The maximum atomic E-state index is 11.6. The maximum absolute atomic E-state index is 11.6. The Morgan fingerprint density at radius 1 is 1.29 bits per heavy atom. The zero-order chi connectivity index (χ0) is 12.1. The number of carbonyl (C=O) groups excluding carboxylic acids is 1. The second-order valence-corrected chi connectivity index (χ2v) is 4.44. The normalized spacial score (nSPS) is 11.5. The standard InChI is InChI=1S/C13H20N2O.ClH/c1-9-6-10(2)8-12(7-9)15-13(16)5-4-11(3)14;/h6-8,11H,4-5,14H2,1-3H3,(H,15,16);1H. The Balaban J connectivity index is 0.00000256. The number of aryl methyl sites for hydroxylation is 2. The predicted molar refractivity (Wildman–Crippen MR) is 74.7 cm³/mol. The highest BCUT2D eigenvalue weighted by molar-refractivity contribution is 5.90. The highest BCUT2D eigenvalue weighted by atomic mass is 35.5. The van der Waals surface area contributed by atoms with Crippen molar-refractivity contribution in [2.45, 2.75) is 39.7 Å². The van der Waals surface area contributed by atoms with Crippen LogP contribution in [0.25, 0.3) is 0 Å². The second-order valence-electron chi connectivity index (χ2n) is 4.44. The molecule has 1 aromatic carbocycles. The summed E-state index contributed by atoms with van der Waals surface area (Å²) in [4.78, 5) is 11.6. The zero-order valence-corrected chi connectivity index (χ0v) is 11.4. The van der Waals surface area contributed by atoms with Crippen molar-refractivity contribution in [3.8, 4) is 0 Å². The molecule has 1 rings (SSSR count). The molecule has 0 heterocycles. The van der Waals surface area contributed by atoms with Crippen molar-refractivity contribution in [3.05, 3.63) is 29.3 Å². The fourth-order valence-electron chi connectivity index (χ4n) is 1.63. The van der Waals surface area contributed by atoms with Crippen LogP contribution in [0, 0.1) is 13.8 Å². The summed E-state index contributed by atoms with van der Waals surface area (Å²) in [5.41, 5.74) is 8.78. The fraction of sp³-hybridized carbons (Fsp3) is 0.462. The minimum absolute atomic E-state index is 0. The Hall–Kier alpha value is -1.06. The third kappa shape index (κ3) is 6.29. The number of nitrogens with two attached hydrogens (primary N) is 1. The van der Waals surface area contributed by atoms with E-state index in [0.29, 0.717) is 6.42 Å². The molecule has 1 atom stereocenters. The summed E-state index contributed by atoms with van der Waals surface area (Å²) in [5.74, 6) is 0.0299. The summed E-state index contributed by atoms with van der Waals surface area (Å²) >= 11 is 0. The van der Waals surface area contributed by atoms with Crippen LogP contribution in [0.2, 0.25) is 0 Å². The van der Waals surface area contributed by atoms with Crippen LogP contribution in [0.1, 0.15) is 30.9 Å². The number of nitrogens with one attached hydrogen (secondary N) is 1. The summed E-state index contributed by atoms with van der Waals surface area (Å²) in [6.07, 6.45) is 1.20. The number of rotatable bonds is 4. The summed E-state index contributed by atoms with van der Waals surface area (Å²) in [6, 6.07) is 6.09. The van der Waals surface area contributed by atoms with E-state index < -0.39 is 0 Å². The van der Waals surface area contributed by atoms with Gasteiger partial charge in [0.2, 0.25) is 5.91 Å². The van der Waals surface area contributed by atoms with E-state index in [1.807, 2.05) is 32.9 Å². The molecule has 0 bridgehead atoms. The van der Waals surface area contributed by atoms with Gasteiger partial charge in [-0.25, -0.2) is 0 Å². The van der Waals surface area contributed by atoms with Gasteiger partial charge in [-0.1, -0.05) is 6.07 Å². The smallest absolute Gasteiger partial charge is 0.224 e. The van der Waals surface area contributed by atoms with E-state index in [1.165, 1.54) is 0 Å². The number of hydrogen-bond acceptors (Lipinski definition) is 2. The molecule has 0 fully saturated rings. The van der Waals surface area contributed by atoms with Gasteiger partial charge in [-0.05, 0) is 50.5 Å². The minimum Gasteiger partial charge on any atom is -0.328 e. The Kier molecular flexibility index (Phi) is 6.85. The van der Waals surface area contributed by atoms with Gasteiger partial charge >= 0.3 is 0 Å². The lowest BCUT2D eigenvalue weighted by Crippen LogP contribution is -2.19. The Morgan fingerprint density at radius 3 is 2.29 bits per heavy atom. The van der Waals surface area contributed by atoms with Crippen molar-refractivity contribution in [1.29, 1.82) is 0 Å². The molecular formula is C13H21ClN2O. The Bertz CT molecular complexity index is 357. The summed E-state index contributed by atoms with van der Waals surface area (Å²) in [6.45, 7) is 5.94.